The minimum atomic E-state index is -0.0375. The highest BCUT2D eigenvalue weighted by Crippen LogP contribution is 2.45. The number of hydrogen-bond acceptors (Lipinski definition) is 5. The summed E-state index contributed by atoms with van der Waals surface area (Å²) in [6, 6.07) is 8.24. The van der Waals surface area contributed by atoms with Gasteiger partial charge in [-0.1, -0.05) is 32.9 Å². The number of para-hydroxylation sites is 1. The van der Waals surface area contributed by atoms with E-state index in [2.05, 4.69) is 29.3 Å². The van der Waals surface area contributed by atoms with Gasteiger partial charge in [0.25, 0.3) is 0 Å². The summed E-state index contributed by atoms with van der Waals surface area (Å²) in [6.07, 6.45) is 1.02. The lowest BCUT2D eigenvalue weighted by Crippen LogP contribution is -2.29. The number of thiophene rings is 1. The average Bonchev–Trinajstić information content (AvgIpc) is 3.20. The molecule has 6 heteroatoms. The Labute approximate surface area is 161 Å². The summed E-state index contributed by atoms with van der Waals surface area (Å²) in [5, 5.41) is 5.16. The number of amides is 1. The van der Waals surface area contributed by atoms with Crippen LogP contribution >= 0.6 is 22.7 Å². The van der Waals surface area contributed by atoms with Crippen molar-refractivity contribution in [3.8, 4) is 10.6 Å². The van der Waals surface area contributed by atoms with Crippen LogP contribution in [-0.2, 0) is 17.8 Å². The van der Waals surface area contributed by atoms with E-state index in [4.69, 9.17) is 4.98 Å². The fourth-order valence-corrected chi connectivity index (χ4v) is 5.68. The number of hydrogen-bond donors (Lipinski definition) is 1. The fourth-order valence-electron chi connectivity index (χ4n) is 3.28. The van der Waals surface area contributed by atoms with Gasteiger partial charge >= 0.3 is 0 Å². The van der Waals surface area contributed by atoms with Gasteiger partial charge in [0, 0.05) is 29.4 Å². The molecular formula is C20H23N3OS2. The molecule has 3 heterocycles. The van der Waals surface area contributed by atoms with E-state index in [0.29, 0.717) is 0 Å². The van der Waals surface area contributed by atoms with Crippen molar-refractivity contribution >= 4 is 43.8 Å². The lowest BCUT2D eigenvalue weighted by molar-refractivity contribution is -0.118. The van der Waals surface area contributed by atoms with E-state index in [1.54, 1.807) is 22.7 Å². The van der Waals surface area contributed by atoms with Crippen LogP contribution in [0, 0.1) is 5.92 Å². The molecule has 2 aromatic heterocycles. The van der Waals surface area contributed by atoms with Gasteiger partial charge in [0.2, 0.25) is 5.91 Å². The molecule has 136 valence electrons. The molecule has 0 saturated carbocycles. The molecule has 1 aliphatic rings. The van der Waals surface area contributed by atoms with Crippen LogP contribution in [0.25, 0.3) is 20.8 Å². The number of likely N-dealkylation sites (N-methyl/N-ethyl adjacent to an activating group) is 1. The minimum Gasteiger partial charge on any atom is -0.317 e. The maximum atomic E-state index is 12.4. The predicted molar refractivity (Wildman–Crippen MR) is 111 cm³/mol. The first kappa shape index (κ1) is 17.6. The zero-order valence-electron chi connectivity index (χ0n) is 15.3. The molecule has 3 aromatic rings. The van der Waals surface area contributed by atoms with Gasteiger partial charge in [-0.15, -0.1) is 22.7 Å². The quantitative estimate of drug-likeness (QED) is 0.687. The van der Waals surface area contributed by atoms with Crippen LogP contribution in [0.4, 0.5) is 5.00 Å². The van der Waals surface area contributed by atoms with Crippen LogP contribution in [0.3, 0.4) is 0 Å². The predicted octanol–water partition coefficient (Wildman–Crippen LogP) is 5.00. The summed E-state index contributed by atoms with van der Waals surface area (Å²) in [4.78, 5) is 21.1. The summed E-state index contributed by atoms with van der Waals surface area (Å²) >= 11 is 3.44. The van der Waals surface area contributed by atoms with E-state index in [9.17, 15) is 4.79 Å². The largest absolute Gasteiger partial charge is 0.317 e. The molecule has 1 amide bonds. The van der Waals surface area contributed by atoms with E-state index >= 15 is 0 Å². The van der Waals surface area contributed by atoms with E-state index in [-0.39, 0.29) is 11.8 Å². The van der Waals surface area contributed by atoms with Crippen molar-refractivity contribution in [1.82, 2.24) is 9.88 Å². The monoisotopic (exact) mass is 385 g/mol. The van der Waals surface area contributed by atoms with E-state index in [1.165, 1.54) is 15.1 Å². The second kappa shape index (κ2) is 7.10. The van der Waals surface area contributed by atoms with Gasteiger partial charge in [-0.05, 0) is 30.7 Å². The smallest absolute Gasteiger partial charge is 0.227 e. The number of carbonyl (C=O) groups excluding carboxylic acids is 1. The number of carbonyl (C=O) groups is 1. The molecule has 0 atom stereocenters. The van der Waals surface area contributed by atoms with Crippen molar-refractivity contribution in [2.24, 2.45) is 5.92 Å². The first-order valence-electron chi connectivity index (χ1n) is 9.10. The van der Waals surface area contributed by atoms with Crippen LogP contribution in [-0.4, -0.2) is 28.9 Å². The number of nitrogens with zero attached hydrogens (tertiary/aromatic N) is 2. The average molecular weight is 386 g/mol. The van der Waals surface area contributed by atoms with Gasteiger partial charge in [0.05, 0.1) is 10.2 Å². The van der Waals surface area contributed by atoms with Crippen molar-refractivity contribution in [2.45, 2.75) is 33.7 Å². The Morgan fingerprint density at radius 3 is 2.85 bits per heavy atom. The molecule has 0 unspecified atom stereocenters. The van der Waals surface area contributed by atoms with Crippen molar-refractivity contribution in [3.63, 3.8) is 0 Å². The third-order valence-corrected chi connectivity index (χ3v) is 7.04. The van der Waals surface area contributed by atoms with Crippen molar-refractivity contribution in [2.75, 3.05) is 18.4 Å². The van der Waals surface area contributed by atoms with Gasteiger partial charge in [0.15, 0.2) is 0 Å². The Morgan fingerprint density at radius 2 is 2.12 bits per heavy atom. The normalized spacial score (nSPS) is 14.8. The topological polar surface area (TPSA) is 45.2 Å². The Kier molecular flexibility index (Phi) is 4.82. The second-order valence-corrected chi connectivity index (χ2v) is 9.09. The molecule has 0 fully saturated rings. The molecule has 0 radical (unpaired) electrons. The standard InChI is InChI=1S/C20H23N3OS2/c1-4-23-10-9-13-16(11-23)26-20(22-18(24)12(2)3)17(13)19-21-14-7-5-6-8-15(14)25-19/h5-8,12H,4,9-11H2,1-3H3,(H,22,24). The lowest BCUT2D eigenvalue weighted by Gasteiger charge is -2.25. The summed E-state index contributed by atoms with van der Waals surface area (Å²) in [7, 11) is 0. The minimum absolute atomic E-state index is 0.0375. The maximum Gasteiger partial charge on any atom is 0.227 e. The molecule has 4 nitrogen and oxygen atoms in total. The number of thiazole rings is 1. The molecular weight excluding hydrogens is 362 g/mol. The first-order chi connectivity index (χ1) is 12.6. The Morgan fingerprint density at radius 1 is 1.31 bits per heavy atom. The van der Waals surface area contributed by atoms with Crippen LogP contribution in [0.1, 0.15) is 31.2 Å². The second-order valence-electron chi connectivity index (χ2n) is 6.96. The Hall–Kier alpha value is -1.76. The van der Waals surface area contributed by atoms with Gasteiger partial charge in [-0.25, -0.2) is 4.98 Å². The molecule has 0 saturated heterocycles. The maximum absolute atomic E-state index is 12.4. The van der Waals surface area contributed by atoms with Crippen molar-refractivity contribution in [3.05, 3.63) is 34.7 Å². The summed E-state index contributed by atoms with van der Waals surface area (Å²) in [5.74, 6) is 0.0304. The number of benzene rings is 1. The third-order valence-electron chi connectivity index (χ3n) is 4.85. The van der Waals surface area contributed by atoms with Crippen LogP contribution in [0.5, 0.6) is 0 Å². The van der Waals surface area contributed by atoms with Crippen molar-refractivity contribution in [1.29, 1.82) is 0 Å². The lowest BCUT2D eigenvalue weighted by atomic mass is 10.0. The SMILES string of the molecule is CCN1CCc2c(sc(NC(=O)C(C)C)c2-c2nc3ccccc3s2)C1. The summed E-state index contributed by atoms with van der Waals surface area (Å²) in [6.45, 7) is 9.15. The number of rotatable bonds is 4. The molecule has 1 aliphatic heterocycles. The Bertz CT molecular complexity index is 924. The molecule has 0 aliphatic carbocycles. The number of nitrogens with one attached hydrogen (secondary N) is 1. The summed E-state index contributed by atoms with van der Waals surface area (Å²) in [5.41, 5.74) is 3.55. The highest BCUT2D eigenvalue weighted by molar-refractivity contribution is 7.22. The van der Waals surface area contributed by atoms with Gasteiger partial charge in [0.1, 0.15) is 10.0 Å². The summed E-state index contributed by atoms with van der Waals surface area (Å²) < 4.78 is 1.19. The zero-order chi connectivity index (χ0) is 18.3. The molecule has 0 spiro atoms. The number of aromatic nitrogens is 1. The van der Waals surface area contributed by atoms with Gasteiger partial charge < -0.3 is 5.32 Å². The van der Waals surface area contributed by atoms with Crippen molar-refractivity contribution < 1.29 is 4.79 Å². The number of fused-ring (bicyclic) bond motifs is 2. The molecule has 0 bridgehead atoms. The number of anilines is 1. The molecule has 1 N–H and O–H groups in total. The highest BCUT2D eigenvalue weighted by Gasteiger charge is 2.27. The van der Waals surface area contributed by atoms with E-state index in [1.807, 2.05) is 26.0 Å². The van der Waals surface area contributed by atoms with Crippen LogP contribution in [0.2, 0.25) is 0 Å². The van der Waals surface area contributed by atoms with Crippen LogP contribution < -0.4 is 5.32 Å². The molecule has 4 rings (SSSR count). The Balaban J connectivity index is 1.82. The van der Waals surface area contributed by atoms with E-state index < -0.39 is 0 Å². The first-order valence-corrected chi connectivity index (χ1v) is 10.7. The molecule has 1 aromatic carbocycles. The van der Waals surface area contributed by atoms with E-state index in [0.717, 1.165) is 47.1 Å². The molecule has 26 heavy (non-hydrogen) atoms. The van der Waals surface area contributed by atoms with Gasteiger partial charge in [-0.3, -0.25) is 9.69 Å². The zero-order valence-corrected chi connectivity index (χ0v) is 17.0. The fraction of sp³-hybridized carbons (Fsp3) is 0.400. The van der Waals surface area contributed by atoms with Crippen LogP contribution in [0.15, 0.2) is 24.3 Å². The third kappa shape index (κ3) is 3.17. The highest BCUT2D eigenvalue weighted by atomic mass is 32.1. The van der Waals surface area contributed by atoms with Gasteiger partial charge in [-0.2, -0.15) is 0 Å².